The van der Waals surface area contributed by atoms with Crippen LogP contribution in [0, 0.1) is 18.8 Å². The second-order valence-electron chi connectivity index (χ2n) is 9.54. The van der Waals surface area contributed by atoms with Crippen molar-refractivity contribution < 1.29 is 14.0 Å². The molecule has 2 fully saturated rings. The largest absolute Gasteiger partial charge is 0.440 e. The number of benzene rings is 2. The number of rotatable bonds is 6. The Kier molecular flexibility index (Phi) is 5.44. The number of oxazole rings is 1. The average Bonchev–Trinajstić information content (AvgIpc) is 3.22. The van der Waals surface area contributed by atoms with Gasteiger partial charge in [0, 0.05) is 24.4 Å². The van der Waals surface area contributed by atoms with Crippen LogP contribution in [-0.2, 0) is 6.42 Å². The molecule has 2 aromatic heterocycles. The van der Waals surface area contributed by atoms with Crippen molar-refractivity contribution in [2.24, 2.45) is 11.8 Å². The third-order valence-corrected chi connectivity index (χ3v) is 8.18. The van der Waals surface area contributed by atoms with Gasteiger partial charge in [-0.1, -0.05) is 42.8 Å². The Balaban J connectivity index is 1.21. The second-order valence-corrected chi connectivity index (χ2v) is 10.5. The summed E-state index contributed by atoms with van der Waals surface area (Å²) >= 11 is 1.60. The highest BCUT2D eigenvalue weighted by Crippen LogP contribution is 2.50. The van der Waals surface area contributed by atoms with E-state index in [2.05, 4.69) is 35.4 Å². The molecule has 4 aromatic rings. The highest BCUT2D eigenvalue weighted by atomic mass is 32.1. The first-order valence-electron chi connectivity index (χ1n) is 12.2. The molecule has 2 aromatic carbocycles. The molecule has 1 saturated carbocycles. The van der Waals surface area contributed by atoms with Gasteiger partial charge in [0.1, 0.15) is 5.52 Å². The van der Waals surface area contributed by atoms with Crippen molar-refractivity contribution in [2.45, 2.75) is 32.7 Å². The predicted molar refractivity (Wildman–Crippen MR) is 137 cm³/mol. The summed E-state index contributed by atoms with van der Waals surface area (Å²) in [6.07, 6.45) is 1.79. The number of likely N-dealkylation sites (tertiary alicyclic amines) is 1. The Labute approximate surface area is 208 Å². The van der Waals surface area contributed by atoms with Crippen LogP contribution in [-0.4, -0.2) is 40.8 Å². The molecule has 0 unspecified atom stereocenters. The number of nitrogens with zero attached hydrogens (tertiary/aromatic N) is 2. The van der Waals surface area contributed by atoms with Gasteiger partial charge in [-0.3, -0.25) is 9.59 Å². The normalized spacial score (nSPS) is 20.7. The molecule has 1 N–H and O–H groups in total. The fourth-order valence-corrected chi connectivity index (χ4v) is 6.21. The van der Waals surface area contributed by atoms with Crippen molar-refractivity contribution in [1.82, 2.24) is 15.2 Å². The number of piperidine rings is 1. The number of hydrogen-bond acceptors (Lipinski definition) is 5. The van der Waals surface area contributed by atoms with Crippen LogP contribution in [0.25, 0.3) is 21.5 Å². The number of para-hydroxylation sites is 1. The first kappa shape index (κ1) is 22.0. The number of fused-ring (bicyclic) bond motifs is 2. The second kappa shape index (κ2) is 8.64. The van der Waals surface area contributed by atoms with Crippen molar-refractivity contribution in [2.75, 3.05) is 13.1 Å². The number of carbonyl (C=O) groups is 2. The van der Waals surface area contributed by atoms with Gasteiger partial charge in [0.15, 0.2) is 11.5 Å². The zero-order valence-corrected chi connectivity index (χ0v) is 20.6. The number of amides is 2. The van der Waals surface area contributed by atoms with Gasteiger partial charge in [-0.25, -0.2) is 4.98 Å². The molecule has 2 amide bonds. The van der Waals surface area contributed by atoms with Gasteiger partial charge in [-0.05, 0) is 54.3 Å². The van der Waals surface area contributed by atoms with Crippen LogP contribution < -0.4 is 5.32 Å². The minimum atomic E-state index is -0.193. The molecule has 2 aliphatic rings. The molecule has 3 atom stereocenters. The summed E-state index contributed by atoms with van der Waals surface area (Å²) in [6.45, 7) is 5.22. The molecule has 3 heterocycles. The highest BCUT2D eigenvalue weighted by Gasteiger charge is 2.54. The van der Waals surface area contributed by atoms with E-state index in [4.69, 9.17) is 4.42 Å². The number of thiophene rings is 1. The quantitative estimate of drug-likeness (QED) is 0.401. The van der Waals surface area contributed by atoms with E-state index in [-0.39, 0.29) is 17.9 Å². The molecular formula is C28H27N3O3S. The summed E-state index contributed by atoms with van der Waals surface area (Å²) < 4.78 is 5.81. The fourth-order valence-electron chi connectivity index (χ4n) is 5.33. The molecule has 0 spiro atoms. The summed E-state index contributed by atoms with van der Waals surface area (Å²) in [5, 5.41) is 5.07. The molecular weight excluding hydrogens is 458 g/mol. The van der Waals surface area contributed by atoms with Gasteiger partial charge in [-0.15, -0.1) is 11.3 Å². The van der Waals surface area contributed by atoms with Gasteiger partial charge >= 0.3 is 0 Å². The van der Waals surface area contributed by atoms with Crippen LogP contribution in [0.3, 0.4) is 0 Å². The summed E-state index contributed by atoms with van der Waals surface area (Å²) in [6, 6.07) is 15.6. The maximum atomic E-state index is 13.7. The van der Waals surface area contributed by atoms with Crippen molar-refractivity contribution in [3.63, 3.8) is 0 Å². The Hall–Kier alpha value is -3.45. The fraction of sp³-hybridized carbons (Fsp3) is 0.321. The third-order valence-electron chi connectivity index (χ3n) is 7.22. The molecule has 6 nitrogen and oxygen atoms in total. The van der Waals surface area contributed by atoms with Gasteiger partial charge < -0.3 is 14.6 Å². The lowest BCUT2D eigenvalue weighted by Gasteiger charge is -2.28. The number of aromatic nitrogens is 1. The lowest BCUT2D eigenvalue weighted by Crippen LogP contribution is -2.45. The molecule has 0 bridgehead atoms. The van der Waals surface area contributed by atoms with E-state index >= 15 is 0 Å². The number of hydrogen-bond donors (Lipinski definition) is 1. The molecule has 35 heavy (non-hydrogen) atoms. The number of aryl methyl sites for hydroxylation is 2. The number of carbonyl (C=O) groups excluding carboxylic acids is 2. The molecule has 7 heteroatoms. The SMILES string of the molecule is CCc1nc2cccc(C(=O)NC[C@@H]3[C@H]4C[C@H]4CN3C(=O)c3ccsc3-c3cccc(C)c3)c2o1. The van der Waals surface area contributed by atoms with Crippen LogP contribution in [0.4, 0.5) is 0 Å². The molecule has 1 aliphatic heterocycles. The Morgan fingerprint density at radius 1 is 1.17 bits per heavy atom. The smallest absolute Gasteiger partial charge is 0.255 e. The summed E-state index contributed by atoms with van der Waals surface area (Å²) in [5.41, 5.74) is 4.69. The number of nitrogens with one attached hydrogen (secondary N) is 1. The molecule has 1 saturated heterocycles. The van der Waals surface area contributed by atoms with Gasteiger partial charge in [-0.2, -0.15) is 0 Å². The van der Waals surface area contributed by atoms with E-state index in [1.807, 2.05) is 41.5 Å². The third kappa shape index (κ3) is 3.93. The first-order chi connectivity index (χ1) is 17.0. The summed E-state index contributed by atoms with van der Waals surface area (Å²) in [7, 11) is 0. The van der Waals surface area contributed by atoms with Crippen LogP contribution >= 0.6 is 11.3 Å². The molecule has 0 radical (unpaired) electrons. The summed E-state index contributed by atoms with van der Waals surface area (Å²) in [5.74, 6) is 1.47. The minimum absolute atomic E-state index is 0.00170. The average molecular weight is 486 g/mol. The Bertz CT molecular complexity index is 1440. The molecule has 1 aliphatic carbocycles. The maximum Gasteiger partial charge on any atom is 0.255 e. The lowest BCUT2D eigenvalue weighted by atomic mass is 10.1. The van der Waals surface area contributed by atoms with Crippen LogP contribution in [0.5, 0.6) is 0 Å². The Morgan fingerprint density at radius 2 is 2.03 bits per heavy atom. The van der Waals surface area contributed by atoms with E-state index in [0.29, 0.717) is 47.4 Å². The molecule has 6 rings (SSSR count). The van der Waals surface area contributed by atoms with E-state index in [9.17, 15) is 9.59 Å². The van der Waals surface area contributed by atoms with Crippen molar-refractivity contribution in [1.29, 1.82) is 0 Å². The first-order valence-corrected chi connectivity index (χ1v) is 13.0. The van der Waals surface area contributed by atoms with Crippen LogP contribution in [0.1, 0.15) is 45.5 Å². The van der Waals surface area contributed by atoms with Gasteiger partial charge in [0.05, 0.1) is 17.2 Å². The van der Waals surface area contributed by atoms with Crippen molar-refractivity contribution in [3.05, 3.63) is 76.5 Å². The van der Waals surface area contributed by atoms with Crippen LogP contribution in [0.15, 0.2) is 58.3 Å². The highest BCUT2D eigenvalue weighted by molar-refractivity contribution is 7.14. The maximum absolute atomic E-state index is 13.7. The van der Waals surface area contributed by atoms with Crippen molar-refractivity contribution in [3.8, 4) is 10.4 Å². The standard InChI is InChI=1S/C28H27N3O3S/c1-3-24-30-22-9-5-8-19(25(22)34-24)27(32)29-14-23-21-13-18(21)15-31(23)28(33)20-10-11-35-26(20)17-7-4-6-16(2)12-17/h4-12,18,21,23H,3,13-15H2,1-2H3,(H,29,32)/t18-,21-,23+/m0/s1. The molecule has 178 valence electrons. The van der Waals surface area contributed by atoms with Crippen LogP contribution in [0.2, 0.25) is 0 Å². The van der Waals surface area contributed by atoms with E-state index in [1.165, 1.54) is 5.56 Å². The zero-order valence-electron chi connectivity index (χ0n) is 19.8. The van der Waals surface area contributed by atoms with E-state index in [0.717, 1.165) is 29.0 Å². The Morgan fingerprint density at radius 3 is 2.86 bits per heavy atom. The van der Waals surface area contributed by atoms with Gasteiger partial charge in [0.25, 0.3) is 11.8 Å². The lowest BCUT2D eigenvalue weighted by molar-refractivity contribution is 0.0696. The topological polar surface area (TPSA) is 75.4 Å². The zero-order chi connectivity index (χ0) is 24.1. The van der Waals surface area contributed by atoms with E-state index in [1.54, 1.807) is 17.4 Å². The van der Waals surface area contributed by atoms with Gasteiger partial charge in [0.2, 0.25) is 0 Å². The summed E-state index contributed by atoms with van der Waals surface area (Å²) in [4.78, 5) is 34.2. The van der Waals surface area contributed by atoms with E-state index < -0.39 is 0 Å². The monoisotopic (exact) mass is 485 g/mol. The minimum Gasteiger partial charge on any atom is -0.440 e. The van der Waals surface area contributed by atoms with Crippen molar-refractivity contribution >= 4 is 34.3 Å². The predicted octanol–water partition coefficient (Wildman–Crippen LogP) is 5.32.